The van der Waals surface area contributed by atoms with Gasteiger partial charge in [-0.25, -0.2) is 0 Å². The van der Waals surface area contributed by atoms with Crippen molar-refractivity contribution in [2.45, 2.75) is 43.4 Å². The van der Waals surface area contributed by atoms with Gasteiger partial charge in [0, 0.05) is 11.4 Å². The van der Waals surface area contributed by atoms with Crippen molar-refractivity contribution >= 4 is 17.7 Å². The zero-order valence-corrected chi connectivity index (χ0v) is 12.6. The molecular weight excluding hydrogens is 258 g/mol. The quantitative estimate of drug-likeness (QED) is 0.756. The number of hydrogen-bond donors (Lipinski definition) is 2. The van der Waals surface area contributed by atoms with E-state index in [0.29, 0.717) is 6.54 Å². The predicted octanol–water partition coefficient (Wildman–Crippen LogP) is 2.69. The predicted molar refractivity (Wildman–Crippen MR) is 80.2 cm³/mol. The van der Waals surface area contributed by atoms with Gasteiger partial charge in [0.2, 0.25) is 5.91 Å². The zero-order valence-electron chi connectivity index (χ0n) is 11.8. The summed E-state index contributed by atoms with van der Waals surface area (Å²) in [6, 6.07) is 9.85. The Balaban J connectivity index is 2.37. The van der Waals surface area contributed by atoms with Crippen LogP contribution in [0.5, 0.6) is 0 Å². The van der Waals surface area contributed by atoms with Crippen LogP contribution in [0.15, 0.2) is 35.2 Å². The van der Waals surface area contributed by atoms with Crippen LogP contribution in [0, 0.1) is 5.92 Å². The van der Waals surface area contributed by atoms with Crippen LogP contribution in [0.2, 0.25) is 0 Å². The fraction of sp³-hybridized carbons (Fsp3) is 0.533. The lowest BCUT2D eigenvalue weighted by Crippen LogP contribution is -2.38. The van der Waals surface area contributed by atoms with Gasteiger partial charge in [-0.2, -0.15) is 0 Å². The Morgan fingerprint density at radius 2 is 1.95 bits per heavy atom. The van der Waals surface area contributed by atoms with Crippen LogP contribution in [-0.2, 0) is 4.79 Å². The molecule has 4 heteroatoms. The Labute approximate surface area is 119 Å². The Morgan fingerprint density at radius 1 is 1.32 bits per heavy atom. The lowest BCUT2D eigenvalue weighted by molar-refractivity contribution is -0.120. The average Bonchev–Trinajstić information content (AvgIpc) is 2.44. The number of rotatable bonds is 7. The summed E-state index contributed by atoms with van der Waals surface area (Å²) in [5.74, 6) is 0.175. The number of benzene rings is 1. The highest BCUT2D eigenvalue weighted by molar-refractivity contribution is 8.00. The molecule has 3 unspecified atom stereocenters. The topological polar surface area (TPSA) is 49.3 Å². The van der Waals surface area contributed by atoms with E-state index in [4.69, 9.17) is 0 Å². The first-order valence-corrected chi connectivity index (χ1v) is 7.60. The molecule has 0 aliphatic heterocycles. The average molecular weight is 281 g/mol. The fourth-order valence-electron chi connectivity index (χ4n) is 1.58. The van der Waals surface area contributed by atoms with Gasteiger partial charge in [0.05, 0.1) is 11.4 Å². The highest BCUT2D eigenvalue weighted by Crippen LogP contribution is 2.22. The number of nitrogens with one attached hydrogen (secondary N) is 1. The molecule has 1 aromatic carbocycles. The number of thioether (sulfide) groups is 1. The fourth-order valence-corrected chi connectivity index (χ4v) is 2.49. The molecule has 1 amide bonds. The van der Waals surface area contributed by atoms with E-state index in [1.54, 1.807) is 0 Å². The van der Waals surface area contributed by atoms with Crippen LogP contribution in [0.25, 0.3) is 0 Å². The van der Waals surface area contributed by atoms with E-state index >= 15 is 0 Å². The van der Waals surface area contributed by atoms with Crippen molar-refractivity contribution in [1.82, 2.24) is 5.32 Å². The number of carbonyl (C=O) groups excluding carboxylic acids is 1. The van der Waals surface area contributed by atoms with Gasteiger partial charge in [-0.3, -0.25) is 4.79 Å². The van der Waals surface area contributed by atoms with Crippen molar-refractivity contribution in [3.63, 3.8) is 0 Å². The molecule has 2 N–H and O–H groups in total. The van der Waals surface area contributed by atoms with E-state index < -0.39 is 6.10 Å². The SMILES string of the molecule is CCC(C)C(O)CNC(=O)C(C)Sc1ccccc1. The summed E-state index contributed by atoms with van der Waals surface area (Å²) in [7, 11) is 0. The first-order valence-electron chi connectivity index (χ1n) is 6.72. The molecule has 0 bridgehead atoms. The standard InChI is InChI=1S/C15H23NO2S/c1-4-11(2)14(17)10-16-15(18)12(3)19-13-8-6-5-7-9-13/h5-9,11-12,14,17H,4,10H2,1-3H3,(H,16,18). The Bertz CT molecular complexity index is 383. The van der Waals surface area contributed by atoms with Crippen molar-refractivity contribution < 1.29 is 9.90 Å². The minimum Gasteiger partial charge on any atom is -0.391 e. The van der Waals surface area contributed by atoms with Crippen molar-refractivity contribution in [2.75, 3.05) is 6.54 Å². The summed E-state index contributed by atoms with van der Waals surface area (Å²) in [4.78, 5) is 13.0. The third-order valence-corrected chi connectivity index (χ3v) is 4.32. The molecule has 0 heterocycles. The molecule has 0 aliphatic carbocycles. The second-order valence-electron chi connectivity index (χ2n) is 4.77. The van der Waals surface area contributed by atoms with Gasteiger partial charge in [-0.1, -0.05) is 38.5 Å². The third kappa shape index (κ3) is 5.66. The lowest BCUT2D eigenvalue weighted by Gasteiger charge is -2.19. The largest absolute Gasteiger partial charge is 0.391 e. The van der Waals surface area contributed by atoms with Gasteiger partial charge in [-0.05, 0) is 25.0 Å². The monoisotopic (exact) mass is 281 g/mol. The van der Waals surface area contributed by atoms with Gasteiger partial charge in [0.1, 0.15) is 0 Å². The maximum absolute atomic E-state index is 11.9. The first-order chi connectivity index (χ1) is 9.04. The maximum atomic E-state index is 11.9. The number of aliphatic hydroxyl groups is 1. The van der Waals surface area contributed by atoms with E-state index in [0.717, 1.165) is 11.3 Å². The molecule has 1 rings (SSSR count). The maximum Gasteiger partial charge on any atom is 0.233 e. The lowest BCUT2D eigenvalue weighted by atomic mass is 10.0. The van der Waals surface area contributed by atoms with Crippen LogP contribution in [-0.4, -0.2) is 28.9 Å². The van der Waals surface area contributed by atoms with Crippen LogP contribution < -0.4 is 5.32 Å². The smallest absolute Gasteiger partial charge is 0.233 e. The molecule has 0 fully saturated rings. The summed E-state index contributed by atoms with van der Waals surface area (Å²) in [6.45, 7) is 6.22. The van der Waals surface area contributed by atoms with Crippen molar-refractivity contribution in [3.8, 4) is 0 Å². The molecule has 1 aromatic rings. The van der Waals surface area contributed by atoms with Crippen molar-refractivity contribution in [1.29, 1.82) is 0 Å². The van der Waals surface area contributed by atoms with Gasteiger partial charge in [-0.15, -0.1) is 11.8 Å². The Morgan fingerprint density at radius 3 is 2.53 bits per heavy atom. The molecular formula is C15H23NO2S. The molecule has 0 saturated carbocycles. The van der Waals surface area contributed by atoms with Gasteiger partial charge >= 0.3 is 0 Å². The highest BCUT2D eigenvalue weighted by Gasteiger charge is 2.17. The summed E-state index contributed by atoms with van der Waals surface area (Å²) < 4.78 is 0. The van der Waals surface area contributed by atoms with Gasteiger partial charge < -0.3 is 10.4 Å². The molecule has 0 aromatic heterocycles. The van der Waals surface area contributed by atoms with E-state index in [1.165, 1.54) is 11.8 Å². The van der Waals surface area contributed by atoms with Gasteiger partial charge in [0.25, 0.3) is 0 Å². The van der Waals surface area contributed by atoms with E-state index in [2.05, 4.69) is 5.32 Å². The number of amides is 1. The first kappa shape index (κ1) is 16.1. The van der Waals surface area contributed by atoms with Crippen LogP contribution in [0.1, 0.15) is 27.2 Å². The Kier molecular flexibility index (Phi) is 6.95. The minimum absolute atomic E-state index is 0.0313. The van der Waals surface area contributed by atoms with Crippen molar-refractivity contribution in [2.24, 2.45) is 5.92 Å². The molecule has 0 radical (unpaired) electrons. The summed E-state index contributed by atoms with van der Waals surface area (Å²) in [6.07, 6.45) is 0.439. The van der Waals surface area contributed by atoms with E-state index in [1.807, 2.05) is 51.1 Å². The van der Waals surface area contributed by atoms with Crippen LogP contribution in [0.3, 0.4) is 0 Å². The Hall–Kier alpha value is -1.00. The normalized spacial score (nSPS) is 15.6. The summed E-state index contributed by atoms with van der Waals surface area (Å²) >= 11 is 1.52. The third-order valence-electron chi connectivity index (χ3n) is 3.21. The molecule has 3 atom stereocenters. The zero-order chi connectivity index (χ0) is 14.3. The number of carbonyl (C=O) groups is 1. The summed E-state index contributed by atoms with van der Waals surface area (Å²) in [5, 5.41) is 12.5. The molecule has 3 nitrogen and oxygen atoms in total. The molecule has 19 heavy (non-hydrogen) atoms. The molecule has 0 saturated heterocycles. The van der Waals surface area contributed by atoms with Crippen LogP contribution in [0.4, 0.5) is 0 Å². The molecule has 106 valence electrons. The van der Waals surface area contributed by atoms with Crippen molar-refractivity contribution in [3.05, 3.63) is 30.3 Å². The van der Waals surface area contributed by atoms with Crippen LogP contribution >= 0.6 is 11.8 Å². The molecule has 0 spiro atoms. The van der Waals surface area contributed by atoms with E-state index in [9.17, 15) is 9.90 Å². The van der Waals surface area contributed by atoms with Gasteiger partial charge in [0.15, 0.2) is 0 Å². The number of aliphatic hydroxyl groups excluding tert-OH is 1. The minimum atomic E-state index is -0.470. The number of hydrogen-bond acceptors (Lipinski definition) is 3. The summed E-state index contributed by atoms with van der Waals surface area (Å²) in [5.41, 5.74) is 0. The second-order valence-corrected chi connectivity index (χ2v) is 6.19. The highest BCUT2D eigenvalue weighted by atomic mass is 32.2. The molecule has 0 aliphatic rings. The van der Waals surface area contributed by atoms with E-state index in [-0.39, 0.29) is 17.1 Å². The second kappa shape index (κ2) is 8.23.